The molecule has 4 bridgehead atoms. The second-order valence-corrected chi connectivity index (χ2v) is 12.6. The highest BCUT2D eigenvalue weighted by atomic mass is 16.5. The standard InChI is InChI=1S/C31H37NO4/c1-6-20-12-18(4)25-24-23(20)27(33)22-15-31(35,32-29(22)34)14-19-7-9-21(10-8-19)36-28(24)26-17(3)11-16(2)13-30(25,26)5/h6-10,12,15-17,20,23-26,28,35H,1,11,13-14H2,2-5H3,(H,32,34)/t16-,17-,20+,23+,24+,25+,26-,28-,30+,31-/m1/s1. The molecule has 3 heterocycles. The fourth-order valence-corrected chi connectivity index (χ4v) is 9.24. The largest absolute Gasteiger partial charge is 0.490 e. The Morgan fingerprint density at radius 1 is 1.19 bits per heavy atom. The lowest BCUT2D eigenvalue weighted by Gasteiger charge is -2.48. The van der Waals surface area contributed by atoms with Crippen LogP contribution >= 0.6 is 0 Å². The number of Topliss-reactive ketones (excluding diaryl/α,β-unsaturated/α-hetero) is 1. The first-order valence-corrected chi connectivity index (χ1v) is 13.4. The van der Waals surface area contributed by atoms with Crippen molar-refractivity contribution in [2.24, 2.45) is 46.8 Å². The highest BCUT2D eigenvalue weighted by Gasteiger charge is 2.66. The van der Waals surface area contributed by atoms with Crippen molar-refractivity contribution >= 4 is 11.7 Å². The third-order valence-corrected chi connectivity index (χ3v) is 10.0. The van der Waals surface area contributed by atoms with Crippen LogP contribution in [0.4, 0.5) is 0 Å². The van der Waals surface area contributed by atoms with E-state index < -0.39 is 17.6 Å². The van der Waals surface area contributed by atoms with Crippen molar-refractivity contribution in [2.45, 2.75) is 58.8 Å². The molecular formula is C31H37NO4. The summed E-state index contributed by atoms with van der Waals surface area (Å²) in [5.74, 6) is 0.862. The summed E-state index contributed by atoms with van der Waals surface area (Å²) in [5, 5.41) is 13.9. The van der Waals surface area contributed by atoms with E-state index in [1.165, 1.54) is 11.6 Å². The molecule has 7 rings (SSSR count). The van der Waals surface area contributed by atoms with Gasteiger partial charge in [-0.25, -0.2) is 0 Å². The Balaban J connectivity index is 1.59. The molecule has 0 unspecified atom stereocenters. The summed E-state index contributed by atoms with van der Waals surface area (Å²) in [6, 6.07) is 7.82. The van der Waals surface area contributed by atoms with Gasteiger partial charge in [0.1, 0.15) is 11.9 Å². The van der Waals surface area contributed by atoms with Crippen LogP contribution in [-0.2, 0) is 16.0 Å². The molecule has 5 heteroatoms. The molecule has 0 spiro atoms. The Bertz CT molecular complexity index is 1200. The maximum atomic E-state index is 14.3. The lowest BCUT2D eigenvalue weighted by atomic mass is 9.55. The molecule has 36 heavy (non-hydrogen) atoms. The van der Waals surface area contributed by atoms with Gasteiger partial charge >= 0.3 is 0 Å². The number of amides is 1. The normalized spacial score (nSPS) is 45.1. The van der Waals surface area contributed by atoms with E-state index in [-0.39, 0.29) is 47.0 Å². The van der Waals surface area contributed by atoms with Crippen molar-refractivity contribution in [3.8, 4) is 5.75 Å². The van der Waals surface area contributed by atoms with E-state index in [1.54, 1.807) is 0 Å². The van der Waals surface area contributed by atoms with Gasteiger partial charge in [-0.2, -0.15) is 0 Å². The average molecular weight is 488 g/mol. The molecule has 2 N–H and O–H groups in total. The van der Waals surface area contributed by atoms with Crippen LogP contribution in [0.1, 0.15) is 46.1 Å². The van der Waals surface area contributed by atoms with Crippen molar-refractivity contribution in [1.82, 2.24) is 5.32 Å². The number of fused-ring (bicyclic) bond motifs is 4. The van der Waals surface area contributed by atoms with E-state index in [0.717, 1.165) is 24.2 Å². The number of hydrogen-bond donors (Lipinski definition) is 2. The molecule has 1 amide bonds. The predicted octanol–water partition coefficient (Wildman–Crippen LogP) is 4.62. The first-order valence-electron chi connectivity index (χ1n) is 13.4. The maximum Gasteiger partial charge on any atom is 0.257 e. The molecule has 10 atom stereocenters. The number of allylic oxidation sites excluding steroid dienone is 3. The highest BCUT2D eigenvalue weighted by Crippen LogP contribution is 2.67. The van der Waals surface area contributed by atoms with Crippen LogP contribution < -0.4 is 10.1 Å². The van der Waals surface area contributed by atoms with Gasteiger partial charge in [-0.1, -0.05) is 50.6 Å². The van der Waals surface area contributed by atoms with Crippen LogP contribution in [-0.4, -0.2) is 28.6 Å². The van der Waals surface area contributed by atoms with E-state index in [2.05, 4.69) is 45.7 Å². The second kappa shape index (κ2) is 7.92. The minimum absolute atomic E-state index is 0.0122. The van der Waals surface area contributed by atoms with Gasteiger partial charge in [0.05, 0.1) is 5.57 Å². The summed E-state index contributed by atoms with van der Waals surface area (Å²) >= 11 is 0. The first kappa shape index (κ1) is 23.7. The number of benzene rings is 1. The van der Waals surface area contributed by atoms with Gasteiger partial charge in [-0.15, -0.1) is 6.58 Å². The lowest BCUT2D eigenvalue weighted by Crippen LogP contribution is -2.46. The third-order valence-electron chi connectivity index (χ3n) is 10.0. The number of hydrogen-bond acceptors (Lipinski definition) is 4. The third kappa shape index (κ3) is 3.31. The Morgan fingerprint density at radius 2 is 1.92 bits per heavy atom. The summed E-state index contributed by atoms with van der Waals surface area (Å²) in [6.07, 6.45) is 7.78. The zero-order chi connectivity index (χ0) is 25.6. The smallest absolute Gasteiger partial charge is 0.257 e. The molecule has 190 valence electrons. The first-order chi connectivity index (χ1) is 17.0. The van der Waals surface area contributed by atoms with E-state index in [9.17, 15) is 14.7 Å². The van der Waals surface area contributed by atoms with Gasteiger partial charge in [-0.3, -0.25) is 9.59 Å². The van der Waals surface area contributed by atoms with Crippen molar-refractivity contribution in [2.75, 3.05) is 0 Å². The van der Waals surface area contributed by atoms with Gasteiger partial charge in [0.2, 0.25) is 0 Å². The molecule has 0 aromatic heterocycles. The second-order valence-electron chi connectivity index (χ2n) is 12.6. The summed E-state index contributed by atoms with van der Waals surface area (Å²) in [5.41, 5.74) is 0.635. The Morgan fingerprint density at radius 3 is 2.61 bits per heavy atom. The molecule has 3 aliphatic carbocycles. The molecule has 1 aromatic rings. The van der Waals surface area contributed by atoms with Crippen LogP contribution in [0.2, 0.25) is 0 Å². The predicted molar refractivity (Wildman–Crippen MR) is 138 cm³/mol. The van der Waals surface area contributed by atoms with Gasteiger partial charge in [0, 0.05) is 30.1 Å². The number of aliphatic hydroxyl groups is 1. The number of rotatable bonds is 1. The maximum absolute atomic E-state index is 14.3. The number of ketones is 1. The van der Waals surface area contributed by atoms with Crippen LogP contribution in [0.5, 0.6) is 5.75 Å². The molecule has 2 fully saturated rings. The van der Waals surface area contributed by atoms with Crippen molar-refractivity contribution in [1.29, 1.82) is 0 Å². The number of nitrogens with one attached hydrogen (secondary N) is 1. The Labute approximate surface area is 213 Å². The molecule has 5 nitrogen and oxygen atoms in total. The zero-order valence-electron chi connectivity index (χ0n) is 21.7. The fraction of sp³-hybridized carbons (Fsp3) is 0.548. The van der Waals surface area contributed by atoms with Gasteiger partial charge in [0.15, 0.2) is 11.5 Å². The van der Waals surface area contributed by atoms with E-state index >= 15 is 0 Å². The summed E-state index contributed by atoms with van der Waals surface area (Å²) in [7, 11) is 0. The van der Waals surface area contributed by atoms with Crippen molar-refractivity contribution in [3.05, 3.63) is 65.8 Å². The quantitative estimate of drug-likeness (QED) is 0.448. The van der Waals surface area contributed by atoms with Gasteiger partial charge < -0.3 is 15.2 Å². The topological polar surface area (TPSA) is 75.6 Å². The van der Waals surface area contributed by atoms with Crippen LogP contribution in [0.25, 0.3) is 0 Å². The van der Waals surface area contributed by atoms with Gasteiger partial charge in [0.25, 0.3) is 5.91 Å². The number of carbonyl (C=O) groups excluding carboxylic acids is 2. The van der Waals surface area contributed by atoms with Crippen LogP contribution in [0.15, 0.2) is 60.2 Å². The van der Waals surface area contributed by atoms with Crippen molar-refractivity contribution < 1.29 is 19.4 Å². The SMILES string of the molecule is C=C[C@H]1C=C(C)[C@H]2[C@H]3[C@@H](Oc4ccc(cc4)C[C@@]4(O)C=C(C(=O)N4)C(=O)[C@@H]13)[C@H]1[C@H](C)C[C@@H](C)C[C@]12C. The lowest BCUT2D eigenvalue weighted by molar-refractivity contribution is -0.128. The molecule has 6 aliphatic rings. The molecule has 2 saturated carbocycles. The van der Waals surface area contributed by atoms with E-state index in [1.807, 2.05) is 30.3 Å². The minimum atomic E-state index is -1.58. The number of carbonyl (C=O) groups is 2. The molecule has 0 radical (unpaired) electrons. The monoisotopic (exact) mass is 487 g/mol. The Kier molecular flexibility index (Phi) is 5.22. The molecule has 3 aliphatic heterocycles. The fourth-order valence-electron chi connectivity index (χ4n) is 9.24. The summed E-state index contributed by atoms with van der Waals surface area (Å²) < 4.78 is 6.91. The minimum Gasteiger partial charge on any atom is -0.490 e. The van der Waals surface area contributed by atoms with Crippen LogP contribution in [0.3, 0.4) is 0 Å². The highest BCUT2D eigenvalue weighted by molar-refractivity contribution is 6.22. The zero-order valence-corrected chi connectivity index (χ0v) is 21.7. The summed E-state index contributed by atoms with van der Waals surface area (Å²) in [4.78, 5) is 27.4. The van der Waals surface area contributed by atoms with Crippen molar-refractivity contribution in [3.63, 3.8) is 0 Å². The molecule has 0 saturated heterocycles. The van der Waals surface area contributed by atoms with E-state index in [4.69, 9.17) is 4.74 Å². The Hall–Kier alpha value is -2.66. The van der Waals surface area contributed by atoms with Crippen LogP contribution in [0, 0.1) is 46.8 Å². The van der Waals surface area contributed by atoms with E-state index in [0.29, 0.717) is 17.8 Å². The molecule has 1 aromatic carbocycles. The average Bonchev–Trinajstić information content (AvgIpc) is 3.24. The number of ether oxygens (including phenoxy) is 1. The summed E-state index contributed by atoms with van der Waals surface area (Å²) in [6.45, 7) is 13.4. The van der Waals surface area contributed by atoms with Gasteiger partial charge in [-0.05, 0) is 66.7 Å². The molecular weight excluding hydrogens is 450 g/mol.